The summed E-state index contributed by atoms with van der Waals surface area (Å²) >= 11 is 0. The molecule has 1 heterocycles. The van der Waals surface area contributed by atoms with Gasteiger partial charge < -0.3 is 5.32 Å². The Labute approximate surface area is 122 Å². The molecule has 1 N–H and O–H groups in total. The maximum atomic E-state index is 13.3. The van der Waals surface area contributed by atoms with Crippen molar-refractivity contribution in [3.63, 3.8) is 0 Å². The maximum absolute atomic E-state index is 13.3. The molecule has 0 saturated heterocycles. The van der Waals surface area contributed by atoms with Gasteiger partial charge in [-0.1, -0.05) is 24.3 Å². The Morgan fingerprint density at radius 3 is 2.52 bits per heavy atom. The number of halogens is 1. The highest BCUT2D eigenvalue weighted by Crippen LogP contribution is 2.31. The minimum atomic E-state index is -0.238. The van der Waals surface area contributed by atoms with Gasteiger partial charge in [0.05, 0.1) is 0 Å². The van der Waals surface area contributed by atoms with Gasteiger partial charge in [0.2, 0.25) is 0 Å². The molecule has 3 aromatic rings. The highest BCUT2D eigenvalue weighted by atomic mass is 19.1. The third-order valence-electron chi connectivity index (χ3n) is 3.48. The lowest BCUT2D eigenvalue weighted by atomic mass is 10.0. The zero-order valence-corrected chi connectivity index (χ0v) is 12.0. The molecule has 4 heteroatoms. The standard InChI is InChI=1S/C17H16FN3/c1-3-19-17-15-7-5-4-6-14(15)16(20-21-17)13-9-8-12(18)10-11(13)2/h4-10H,3H2,1-2H3,(H,19,21). The van der Waals surface area contributed by atoms with Crippen molar-refractivity contribution in [3.05, 3.63) is 53.8 Å². The van der Waals surface area contributed by atoms with Crippen LogP contribution < -0.4 is 5.32 Å². The molecule has 0 saturated carbocycles. The average molecular weight is 281 g/mol. The largest absolute Gasteiger partial charge is 0.368 e. The molecule has 1 aromatic heterocycles. The van der Waals surface area contributed by atoms with Crippen LogP contribution in [0.1, 0.15) is 12.5 Å². The molecule has 0 unspecified atom stereocenters. The SMILES string of the molecule is CCNc1nnc(-c2ccc(F)cc2C)c2ccccc12. The van der Waals surface area contributed by atoms with Crippen LogP contribution in [0.2, 0.25) is 0 Å². The Hall–Kier alpha value is -2.49. The number of hydrogen-bond acceptors (Lipinski definition) is 3. The van der Waals surface area contributed by atoms with Crippen molar-refractivity contribution in [2.45, 2.75) is 13.8 Å². The van der Waals surface area contributed by atoms with E-state index in [1.165, 1.54) is 12.1 Å². The van der Waals surface area contributed by atoms with E-state index in [-0.39, 0.29) is 5.82 Å². The Morgan fingerprint density at radius 2 is 1.81 bits per heavy atom. The van der Waals surface area contributed by atoms with Gasteiger partial charge in [-0.25, -0.2) is 4.39 Å². The molecule has 0 aliphatic heterocycles. The zero-order chi connectivity index (χ0) is 14.8. The van der Waals surface area contributed by atoms with Gasteiger partial charge in [0.1, 0.15) is 11.5 Å². The van der Waals surface area contributed by atoms with E-state index in [0.717, 1.165) is 40.0 Å². The molecular formula is C17H16FN3. The maximum Gasteiger partial charge on any atom is 0.156 e. The molecule has 2 aromatic carbocycles. The van der Waals surface area contributed by atoms with E-state index in [1.54, 1.807) is 6.07 Å². The number of aryl methyl sites for hydroxylation is 1. The summed E-state index contributed by atoms with van der Waals surface area (Å²) in [6.45, 7) is 4.69. The minimum absolute atomic E-state index is 0.238. The summed E-state index contributed by atoms with van der Waals surface area (Å²) in [6.07, 6.45) is 0. The summed E-state index contributed by atoms with van der Waals surface area (Å²) < 4.78 is 13.3. The van der Waals surface area contributed by atoms with Gasteiger partial charge in [-0.05, 0) is 37.6 Å². The highest BCUT2D eigenvalue weighted by Gasteiger charge is 2.12. The van der Waals surface area contributed by atoms with Gasteiger partial charge in [-0.15, -0.1) is 10.2 Å². The van der Waals surface area contributed by atoms with Crippen molar-refractivity contribution >= 4 is 16.6 Å². The fraction of sp³-hybridized carbons (Fsp3) is 0.176. The van der Waals surface area contributed by atoms with Gasteiger partial charge in [-0.2, -0.15) is 0 Å². The predicted molar refractivity (Wildman–Crippen MR) is 83.8 cm³/mol. The zero-order valence-electron chi connectivity index (χ0n) is 12.0. The third kappa shape index (κ3) is 2.44. The van der Waals surface area contributed by atoms with Crippen LogP contribution in [0.25, 0.3) is 22.0 Å². The molecule has 0 spiro atoms. The normalized spacial score (nSPS) is 10.8. The van der Waals surface area contributed by atoms with Crippen molar-refractivity contribution in [3.8, 4) is 11.3 Å². The Balaban J connectivity index is 2.26. The predicted octanol–water partition coefficient (Wildman–Crippen LogP) is 4.18. The van der Waals surface area contributed by atoms with Gasteiger partial charge in [0.25, 0.3) is 0 Å². The summed E-state index contributed by atoms with van der Waals surface area (Å²) in [6, 6.07) is 12.7. The number of benzene rings is 2. The number of hydrogen-bond donors (Lipinski definition) is 1. The first-order chi connectivity index (χ1) is 10.2. The molecular weight excluding hydrogens is 265 g/mol. The quantitative estimate of drug-likeness (QED) is 0.782. The summed E-state index contributed by atoms with van der Waals surface area (Å²) in [5.41, 5.74) is 2.54. The number of aromatic nitrogens is 2. The Kier molecular flexibility index (Phi) is 3.52. The smallest absolute Gasteiger partial charge is 0.156 e. The Bertz CT molecular complexity index is 799. The van der Waals surface area contributed by atoms with Crippen LogP contribution in [0.5, 0.6) is 0 Å². The molecule has 0 aliphatic rings. The summed E-state index contributed by atoms with van der Waals surface area (Å²) in [5, 5.41) is 13.9. The van der Waals surface area contributed by atoms with Gasteiger partial charge in [0.15, 0.2) is 5.82 Å². The first-order valence-corrected chi connectivity index (χ1v) is 6.96. The second-order valence-electron chi connectivity index (χ2n) is 4.93. The van der Waals surface area contributed by atoms with Crippen LogP contribution in [0.15, 0.2) is 42.5 Å². The van der Waals surface area contributed by atoms with E-state index in [4.69, 9.17) is 0 Å². The summed E-state index contributed by atoms with van der Waals surface area (Å²) in [5.74, 6) is 0.536. The number of rotatable bonds is 3. The molecule has 0 radical (unpaired) electrons. The van der Waals surface area contributed by atoms with Crippen LogP contribution in [0.4, 0.5) is 10.2 Å². The van der Waals surface area contributed by atoms with E-state index in [9.17, 15) is 4.39 Å². The van der Waals surface area contributed by atoms with Crippen molar-refractivity contribution in [2.24, 2.45) is 0 Å². The molecule has 106 valence electrons. The van der Waals surface area contributed by atoms with E-state index in [0.29, 0.717) is 0 Å². The molecule has 0 bridgehead atoms. The monoisotopic (exact) mass is 281 g/mol. The van der Waals surface area contributed by atoms with Crippen molar-refractivity contribution < 1.29 is 4.39 Å². The van der Waals surface area contributed by atoms with Gasteiger partial charge in [0, 0.05) is 22.9 Å². The Morgan fingerprint density at radius 1 is 1.05 bits per heavy atom. The number of nitrogens with one attached hydrogen (secondary N) is 1. The van der Waals surface area contributed by atoms with Crippen molar-refractivity contribution in [1.82, 2.24) is 10.2 Å². The van der Waals surface area contributed by atoms with Crippen LogP contribution in [0, 0.1) is 12.7 Å². The lowest BCUT2D eigenvalue weighted by Gasteiger charge is -2.11. The third-order valence-corrected chi connectivity index (χ3v) is 3.48. The minimum Gasteiger partial charge on any atom is -0.368 e. The lowest BCUT2D eigenvalue weighted by molar-refractivity contribution is 0.627. The average Bonchev–Trinajstić information content (AvgIpc) is 2.49. The first kappa shape index (κ1) is 13.5. The van der Waals surface area contributed by atoms with Crippen LogP contribution in [0.3, 0.4) is 0 Å². The van der Waals surface area contributed by atoms with Crippen molar-refractivity contribution in [1.29, 1.82) is 0 Å². The molecule has 0 aliphatic carbocycles. The van der Waals surface area contributed by atoms with E-state index in [2.05, 4.69) is 15.5 Å². The number of fused-ring (bicyclic) bond motifs is 1. The van der Waals surface area contributed by atoms with E-state index < -0.39 is 0 Å². The van der Waals surface area contributed by atoms with Gasteiger partial charge in [-0.3, -0.25) is 0 Å². The second kappa shape index (κ2) is 5.48. The van der Waals surface area contributed by atoms with Crippen LogP contribution >= 0.6 is 0 Å². The van der Waals surface area contributed by atoms with Crippen LogP contribution in [-0.2, 0) is 0 Å². The van der Waals surface area contributed by atoms with Crippen molar-refractivity contribution in [2.75, 3.05) is 11.9 Å². The molecule has 0 fully saturated rings. The van der Waals surface area contributed by atoms with E-state index >= 15 is 0 Å². The first-order valence-electron chi connectivity index (χ1n) is 6.96. The number of anilines is 1. The second-order valence-corrected chi connectivity index (χ2v) is 4.93. The van der Waals surface area contributed by atoms with Crippen LogP contribution in [-0.4, -0.2) is 16.7 Å². The molecule has 21 heavy (non-hydrogen) atoms. The molecule has 3 rings (SSSR count). The number of nitrogens with zero attached hydrogens (tertiary/aromatic N) is 2. The van der Waals surface area contributed by atoms with Gasteiger partial charge >= 0.3 is 0 Å². The highest BCUT2D eigenvalue weighted by molar-refractivity contribution is 6.00. The molecule has 3 nitrogen and oxygen atoms in total. The summed E-state index contributed by atoms with van der Waals surface area (Å²) in [4.78, 5) is 0. The van der Waals surface area contributed by atoms with E-state index in [1.807, 2.05) is 38.1 Å². The fourth-order valence-electron chi connectivity index (χ4n) is 2.49. The molecule has 0 amide bonds. The topological polar surface area (TPSA) is 37.8 Å². The fourth-order valence-corrected chi connectivity index (χ4v) is 2.49. The lowest BCUT2D eigenvalue weighted by Crippen LogP contribution is -2.03. The summed E-state index contributed by atoms with van der Waals surface area (Å²) in [7, 11) is 0. The molecule has 0 atom stereocenters.